The van der Waals surface area contributed by atoms with Gasteiger partial charge in [-0.25, -0.2) is 0 Å². The summed E-state index contributed by atoms with van der Waals surface area (Å²) in [5.41, 5.74) is 1.65. The molecule has 0 aliphatic rings. The molecule has 2 rings (SSSR count). The number of unbranched alkanes of at least 4 members (excludes halogenated alkanes) is 2. The van der Waals surface area contributed by atoms with Crippen LogP contribution in [0, 0.1) is 6.92 Å². The summed E-state index contributed by atoms with van der Waals surface area (Å²) >= 11 is 0. The van der Waals surface area contributed by atoms with Gasteiger partial charge in [-0.05, 0) is 37.6 Å². The van der Waals surface area contributed by atoms with Crippen LogP contribution in [0.15, 0.2) is 52.8 Å². The van der Waals surface area contributed by atoms with Crippen molar-refractivity contribution in [2.45, 2.75) is 33.1 Å². The van der Waals surface area contributed by atoms with Gasteiger partial charge in [0.15, 0.2) is 0 Å². The maximum absolute atomic E-state index is 12.5. The Labute approximate surface area is 148 Å². The van der Waals surface area contributed by atoms with Crippen molar-refractivity contribution in [2.75, 3.05) is 6.54 Å². The van der Waals surface area contributed by atoms with Crippen LogP contribution in [0.3, 0.4) is 0 Å². The number of hydrogen-bond acceptors (Lipinski definition) is 3. The highest BCUT2D eigenvalue weighted by molar-refractivity contribution is 6.05. The van der Waals surface area contributed by atoms with Crippen LogP contribution < -0.4 is 10.6 Å². The second kappa shape index (κ2) is 9.47. The Morgan fingerprint density at radius 3 is 2.68 bits per heavy atom. The molecule has 2 amide bonds. The highest BCUT2D eigenvalue weighted by Gasteiger charge is 2.15. The minimum atomic E-state index is -0.329. The average molecular weight is 340 g/mol. The maximum Gasteiger partial charge on any atom is 0.267 e. The molecule has 0 bridgehead atoms. The maximum atomic E-state index is 12.5. The molecule has 2 N–H and O–H groups in total. The van der Waals surface area contributed by atoms with Gasteiger partial charge in [0, 0.05) is 18.2 Å². The fourth-order valence-corrected chi connectivity index (χ4v) is 2.33. The van der Waals surface area contributed by atoms with E-state index >= 15 is 0 Å². The number of rotatable bonds is 8. The number of aryl methyl sites for hydroxylation is 1. The molecular formula is C20H24N2O3. The molecule has 1 aromatic carbocycles. The van der Waals surface area contributed by atoms with E-state index in [0.717, 1.165) is 24.8 Å². The molecule has 0 unspecified atom stereocenters. The molecule has 0 radical (unpaired) electrons. The Balaban J connectivity index is 2.11. The van der Waals surface area contributed by atoms with Crippen LogP contribution in [0.25, 0.3) is 6.08 Å². The summed E-state index contributed by atoms with van der Waals surface area (Å²) in [6, 6.07) is 10.7. The number of hydrogen-bond donors (Lipinski definition) is 2. The fourth-order valence-electron chi connectivity index (χ4n) is 2.33. The summed E-state index contributed by atoms with van der Waals surface area (Å²) in [5.74, 6) is -0.151. The Morgan fingerprint density at radius 2 is 2.00 bits per heavy atom. The van der Waals surface area contributed by atoms with Gasteiger partial charge in [-0.15, -0.1) is 0 Å². The number of carbonyl (C=O) groups excluding carboxylic acids is 2. The summed E-state index contributed by atoms with van der Waals surface area (Å²) in [4.78, 5) is 24.9. The highest BCUT2D eigenvalue weighted by Crippen LogP contribution is 2.09. The van der Waals surface area contributed by atoms with Crippen LogP contribution in [-0.2, 0) is 4.79 Å². The van der Waals surface area contributed by atoms with Gasteiger partial charge in [0.1, 0.15) is 11.5 Å². The fraction of sp³-hybridized carbons (Fsp3) is 0.300. The second-order valence-corrected chi connectivity index (χ2v) is 5.86. The third-order valence-corrected chi connectivity index (χ3v) is 3.67. The summed E-state index contributed by atoms with van der Waals surface area (Å²) in [6.45, 7) is 4.59. The van der Waals surface area contributed by atoms with Gasteiger partial charge < -0.3 is 15.1 Å². The molecule has 5 heteroatoms. The second-order valence-electron chi connectivity index (χ2n) is 5.86. The first-order valence-electron chi connectivity index (χ1n) is 8.51. The first-order chi connectivity index (χ1) is 12.1. The van der Waals surface area contributed by atoms with Crippen LogP contribution in [0.2, 0.25) is 0 Å². The van der Waals surface area contributed by atoms with Crippen LogP contribution in [0.5, 0.6) is 0 Å². The standard InChI is InChI=1S/C20H24N2O3/c1-3-4-5-11-21-20(24)18(14-17-10-7-12-25-17)22-19(23)16-9-6-8-15(2)13-16/h6-10,12-14H,3-5,11H2,1-2H3,(H,21,24)(H,22,23)/b18-14-. The van der Waals surface area contributed by atoms with E-state index in [1.807, 2.05) is 19.1 Å². The molecule has 0 spiro atoms. The van der Waals surface area contributed by atoms with Crippen molar-refractivity contribution in [3.8, 4) is 0 Å². The van der Waals surface area contributed by atoms with Gasteiger partial charge in [0.05, 0.1) is 6.26 Å². The zero-order valence-corrected chi connectivity index (χ0v) is 14.7. The lowest BCUT2D eigenvalue weighted by Gasteiger charge is -2.11. The molecule has 0 saturated carbocycles. The summed E-state index contributed by atoms with van der Waals surface area (Å²) < 4.78 is 5.26. The number of carbonyl (C=O) groups is 2. The van der Waals surface area contributed by atoms with Crippen molar-refractivity contribution >= 4 is 17.9 Å². The first-order valence-corrected chi connectivity index (χ1v) is 8.51. The number of furan rings is 1. The van der Waals surface area contributed by atoms with Gasteiger partial charge >= 0.3 is 0 Å². The number of amides is 2. The van der Waals surface area contributed by atoms with Crippen molar-refractivity contribution in [1.29, 1.82) is 0 Å². The van der Waals surface area contributed by atoms with E-state index in [-0.39, 0.29) is 17.5 Å². The van der Waals surface area contributed by atoms with Gasteiger partial charge in [0.2, 0.25) is 0 Å². The lowest BCUT2D eigenvalue weighted by molar-refractivity contribution is -0.117. The molecule has 5 nitrogen and oxygen atoms in total. The van der Waals surface area contributed by atoms with E-state index < -0.39 is 0 Å². The molecule has 132 valence electrons. The Bertz CT molecular complexity index is 733. The molecule has 0 saturated heterocycles. The van der Waals surface area contributed by atoms with E-state index in [9.17, 15) is 9.59 Å². The van der Waals surface area contributed by atoms with E-state index in [2.05, 4.69) is 17.6 Å². The first kappa shape index (κ1) is 18.5. The molecule has 2 aromatic rings. The molecule has 0 aliphatic heterocycles. The molecule has 0 aliphatic carbocycles. The Morgan fingerprint density at radius 1 is 1.16 bits per heavy atom. The van der Waals surface area contributed by atoms with Gasteiger partial charge in [-0.3, -0.25) is 9.59 Å². The lowest BCUT2D eigenvalue weighted by Crippen LogP contribution is -2.35. The predicted octanol–water partition coefficient (Wildman–Crippen LogP) is 3.67. The molecule has 1 heterocycles. The van der Waals surface area contributed by atoms with E-state index in [0.29, 0.717) is 17.9 Å². The van der Waals surface area contributed by atoms with Gasteiger partial charge in [0.25, 0.3) is 11.8 Å². The van der Waals surface area contributed by atoms with Crippen molar-refractivity contribution in [3.63, 3.8) is 0 Å². The smallest absolute Gasteiger partial charge is 0.267 e. The van der Waals surface area contributed by atoms with Crippen molar-refractivity contribution < 1.29 is 14.0 Å². The average Bonchev–Trinajstić information content (AvgIpc) is 3.11. The lowest BCUT2D eigenvalue weighted by atomic mass is 10.1. The van der Waals surface area contributed by atoms with Crippen LogP contribution >= 0.6 is 0 Å². The van der Waals surface area contributed by atoms with Crippen LogP contribution in [0.4, 0.5) is 0 Å². The molecular weight excluding hydrogens is 316 g/mol. The number of benzene rings is 1. The number of nitrogens with one attached hydrogen (secondary N) is 2. The summed E-state index contributed by atoms with van der Waals surface area (Å²) in [6.07, 6.45) is 6.08. The van der Waals surface area contributed by atoms with Crippen molar-refractivity contribution in [2.24, 2.45) is 0 Å². The third kappa shape index (κ3) is 5.95. The largest absolute Gasteiger partial charge is 0.465 e. The predicted molar refractivity (Wildman–Crippen MR) is 97.9 cm³/mol. The van der Waals surface area contributed by atoms with Crippen molar-refractivity contribution in [3.05, 3.63) is 65.2 Å². The molecule has 25 heavy (non-hydrogen) atoms. The Hall–Kier alpha value is -2.82. The minimum absolute atomic E-state index is 0.165. The molecule has 0 fully saturated rings. The van der Waals surface area contributed by atoms with Gasteiger partial charge in [-0.1, -0.05) is 37.5 Å². The zero-order valence-electron chi connectivity index (χ0n) is 14.7. The van der Waals surface area contributed by atoms with E-state index in [4.69, 9.17) is 4.42 Å². The molecule has 0 atom stereocenters. The Kier molecular flexibility index (Phi) is 7.01. The van der Waals surface area contributed by atoms with Gasteiger partial charge in [-0.2, -0.15) is 0 Å². The van der Waals surface area contributed by atoms with Crippen molar-refractivity contribution in [1.82, 2.24) is 10.6 Å². The van der Waals surface area contributed by atoms with Crippen LogP contribution in [0.1, 0.15) is 47.9 Å². The molecule has 1 aromatic heterocycles. The van der Waals surface area contributed by atoms with Crippen LogP contribution in [-0.4, -0.2) is 18.4 Å². The zero-order chi connectivity index (χ0) is 18.1. The minimum Gasteiger partial charge on any atom is -0.465 e. The quantitative estimate of drug-likeness (QED) is 0.569. The normalized spacial score (nSPS) is 11.2. The highest BCUT2D eigenvalue weighted by atomic mass is 16.3. The van der Waals surface area contributed by atoms with E-state index in [1.165, 1.54) is 12.3 Å². The SMILES string of the molecule is CCCCCNC(=O)/C(=C/c1ccco1)NC(=O)c1cccc(C)c1. The monoisotopic (exact) mass is 340 g/mol. The topological polar surface area (TPSA) is 71.3 Å². The van der Waals surface area contributed by atoms with E-state index in [1.54, 1.807) is 24.3 Å². The summed E-state index contributed by atoms with van der Waals surface area (Å²) in [7, 11) is 0. The third-order valence-electron chi connectivity index (χ3n) is 3.67. The summed E-state index contributed by atoms with van der Waals surface area (Å²) in [5, 5.41) is 5.52.